The molecule has 114 valence electrons. The molecule has 0 bridgehead atoms. The second kappa shape index (κ2) is 6.20. The lowest BCUT2D eigenvalue weighted by Gasteiger charge is -2.18. The van der Waals surface area contributed by atoms with Crippen molar-refractivity contribution in [2.24, 2.45) is 0 Å². The molecule has 0 aliphatic rings. The van der Waals surface area contributed by atoms with E-state index in [4.69, 9.17) is 39.5 Å². The van der Waals surface area contributed by atoms with E-state index < -0.39 is 11.9 Å². The molecule has 0 radical (unpaired) electrons. The van der Waals surface area contributed by atoms with Crippen molar-refractivity contribution in [2.45, 2.75) is 13.0 Å². The SMILES string of the molecule is CC(Oc1cc2scnc2cc1Cl)c1c(Cl)ccc(F)c1Cl. The van der Waals surface area contributed by atoms with E-state index >= 15 is 0 Å². The molecule has 22 heavy (non-hydrogen) atoms. The van der Waals surface area contributed by atoms with Crippen molar-refractivity contribution >= 4 is 56.4 Å². The first-order valence-corrected chi connectivity index (χ1v) is 8.31. The number of aromatic nitrogens is 1. The Balaban J connectivity index is 1.98. The van der Waals surface area contributed by atoms with Gasteiger partial charge in [0.05, 0.1) is 25.8 Å². The van der Waals surface area contributed by atoms with Crippen LogP contribution in [0.15, 0.2) is 29.8 Å². The van der Waals surface area contributed by atoms with Gasteiger partial charge in [-0.1, -0.05) is 34.8 Å². The van der Waals surface area contributed by atoms with Gasteiger partial charge < -0.3 is 4.74 Å². The smallest absolute Gasteiger partial charge is 0.142 e. The molecule has 2 nitrogen and oxygen atoms in total. The highest BCUT2D eigenvalue weighted by molar-refractivity contribution is 7.16. The topological polar surface area (TPSA) is 22.1 Å². The number of fused-ring (bicyclic) bond motifs is 1. The van der Waals surface area contributed by atoms with Crippen molar-refractivity contribution in [3.05, 3.63) is 56.2 Å². The number of hydrogen-bond acceptors (Lipinski definition) is 3. The molecule has 7 heteroatoms. The second-order valence-electron chi connectivity index (χ2n) is 4.62. The molecule has 1 atom stereocenters. The molecule has 0 fully saturated rings. The lowest BCUT2D eigenvalue weighted by molar-refractivity contribution is 0.227. The van der Waals surface area contributed by atoms with E-state index in [1.54, 1.807) is 24.6 Å². The van der Waals surface area contributed by atoms with Crippen LogP contribution in [-0.2, 0) is 0 Å². The summed E-state index contributed by atoms with van der Waals surface area (Å²) < 4.78 is 20.4. The van der Waals surface area contributed by atoms with E-state index in [0.29, 0.717) is 21.4 Å². The quantitative estimate of drug-likeness (QED) is 0.484. The zero-order chi connectivity index (χ0) is 15.9. The Hall–Kier alpha value is -1.07. The first kappa shape index (κ1) is 15.8. The molecule has 1 unspecified atom stereocenters. The zero-order valence-corrected chi connectivity index (χ0v) is 14.3. The largest absolute Gasteiger partial charge is 0.484 e. The molecule has 2 aromatic carbocycles. The number of nitrogens with zero attached hydrogens (tertiary/aromatic N) is 1. The van der Waals surface area contributed by atoms with Gasteiger partial charge in [-0.05, 0) is 25.1 Å². The maximum absolute atomic E-state index is 13.6. The van der Waals surface area contributed by atoms with Crippen LogP contribution >= 0.6 is 46.1 Å². The molecular weight excluding hydrogens is 368 g/mol. The summed E-state index contributed by atoms with van der Waals surface area (Å²) >= 11 is 19.8. The van der Waals surface area contributed by atoms with Crippen molar-refractivity contribution in [2.75, 3.05) is 0 Å². The number of benzene rings is 2. The third-order valence-corrected chi connectivity index (χ3v) is 4.98. The van der Waals surface area contributed by atoms with Gasteiger partial charge in [-0.15, -0.1) is 11.3 Å². The highest BCUT2D eigenvalue weighted by atomic mass is 35.5. The van der Waals surface area contributed by atoms with Gasteiger partial charge in [0.1, 0.15) is 17.7 Å². The molecule has 0 saturated carbocycles. The molecule has 0 N–H and O–H groups in total. The number of halogens is 4. The first-order valence-electron chi connectivity index (χ1n) is 6.30. The van der Waals surface area contributed by atoms with Crippen LogP contribution in [0.3, 0.4) is 0 Å². The Morgan fingerprint density at radius 3 is 2.73 bits per heavy atom. The van der Waals surface area contributed by atoms with E-state index in [2.05, 4.69) is 4.98 Å². The third-order valence-electron chi connectivity index (χ3n) is 3.17. The summed E-state index contributed by atoms with van der Waals surface area (Å²) in [6, 6.07) is 6.19. The van der Waals surface area contributed by atoms with Crippen LogP contribution in [0.25, 0.3) is 10.2 Å². The fourth-order valence-electron chi connectivity index (χ4n) is 2.11. The van der Waals surface area contributed by atoms with Crippen molar-refractivity contribution < 1.29 is 9.13 Å². The zero-order valence-electron chi connectivity index (χ0n) is 11.2. The van der Waals surface area contributed by atoms with Crippen LogP contribution in [0, 0.1) is 5.82 Å². The number of ether oxygens (including phenoxy) is 1. The van der Waals surface area contributed by atoms with Crippen molar-refractivity contribution in [1.82, 2.24) is 4.98 Å². The summed E-state index contributed by atoms with van der Waals surface area (Å²) in [5.74, 6) is -0.0668. The van der Waals surface area contributed by atoms with E-state index in [9.17, 15) is 4.39 Å². The summed E-state index contributed by atoms with van der Waals surface area (Å²) in [7, 11) is 0. The van der Waals surface area contributed by atoms with Crippen LogP contribution in [-0.4, -0.2) is 4.98 Å². The van der Waals surface area contributed by atoms with Crippen molar-refractivity contribution in [3.63, 3.8) is 0 Å². The van der Waals surface area contributed by atoms with Crippen LogP contribution in [0.4, 0.5) is 4.39 Å². The minimum atomic E-state index is -0.557. The minimum Gasteiger partial charge on any atom is -0.484 e. The first-order chi connectivity index (χ1) is 10.5. The molecular formula is C15H9Cl3FNOS. The Morgan fingerprint density at radius 1 is 1.18 bits per heavy atom. The van der Waals surface area contributed by atoms with Gasteiger partial charge in [0.15, 0.2) is 0 Å². The maximum Gasteiger partial charge on any atom is 0.142 e. The van der Waals surface area contributed by atoms with Crippen LogP contribution in [0.2, 0.25) is 15.1 Å². The number of thiazole rings is 1. The fraction of sp³-hybridized carbons (Fsp3) is 0.133. The molecule has 3 aromatic rings. The Bertz CT molecular complexity index is 852. The maximum atomic E-state index is 13.6. The summed E-state index contributed by atoms with van der Waals surface area (Å²) in [6.45, 7) is 1.74. The van der Waals surface area contributed by atoms with Crippen LogP contribution in [0.1, 0.15) is 18.6 Å². The Kier molecular flexibility index (Phi) is 4.46. The van der Waals surface area contributed by atoms with Gasteiger partial charge in [0.25, 0.3) is 0 Å². The van der Waals surface area contributed by atoms with E-state index in [1.807, 2.05) is 0 Å². The number of hydrogen-bond donors (Lipinski definition) is 0. The standard InChI is InChI=1S/C15H9Cl3FNOS/c1-7(14-8(16)2-3-10(19)15(14)18)21-12-5-13-11(4-9(12)17)20-6-22-13/h2-7H,1H3. The molecule has 1 aromatic heterocycles. The highest BCUT2D eigenvalue weighted by Gasteiger charge is 2.20. The minimum absolute atomic E-state index is 0.0463. The highest BCUT2D eigenvalue weighted by Crippen LogP contribution is 2.38. The fourth-order valence-corrected chi connectivity index (χ4v) is 3.68. The average Bonchev–Trinajstić information content (AvgIpc) is 2.91. The lowest BCUT2D eigenvalue weighted by atomic mass is 10.1. The predicted molar refractivity (Wildman–Crippen MR) is 90.1 cm³/mol. The van der Waals surface area contributed by atoms with Gasteiger partial charge in [0.2, 0.25) is 0 Å². The summed E-state index contributed by atoms with van der Waals surface area (Å²) in [4.78, 5) is 4.18. The van der Waals surface area contributed by atoms with Gasteiger partial charge in [0, 0.05) is 16.7 Å². The van der Waals surface area contributed by atoms with Crippen molar-refractivity contribution in [3.8, 4) is 5.75 Å². The molecule has 0 aliphatic heterocycles. The predicted octanol–water partition coefficient (Wildman–Crippen LogP) is 6.54. The summed E-state index contributed by atoms with van der Waals surface area (Å²) in [6.07, 6.45) is -0.557. The van der Waals surface area contributed by atoms with Crippen molar-refractivity contribution in [1.29, 1.82) is 0 Å². The lowest BCUT2D eigenvalue weighted by Crippen LogP contribution is -2.06. The number of rotatable bonds is 3. The van der Waals surface area contributed by atoms with E-state index in [0.717, 1.165) is 10.2 Å². The van der Waals surface area contributed by atoms with Gasteiger partial charge >= 0.3 is 0 Å². The molecule has 3 rings (SSSR count). The van der Waals surface area contributed by atoms with E-state index in [-0.39, 0.29) is 5.02 Å². The molecule has 0 amide bonds. The molecule has 1 heterocycles. The average molecular weight is 377 g/mol. The Labute approximate surface area is 145 Å². The second-order valence-corrected chi connectivity index (χ2v) is 6.70. The molecule has 0 spiro atoms. The monoisotopic (exact) mass is 375 g/mol. The molecule has 0 aliphatic carbocycles. The van der Waals surface area contributed by atoms with Crippen LogP contribution < -0.4 is 4.74 Å². The van der Waals surface area contributed by atoms with Gasteiger partial charge in [-0.3, -0.25) is 0 Å². The third kappa shape index (κ3) is 2.88. The van der Waals surface area contributed by atoms with E-state index in [1.165, 1.54) is 23.5 Å². The summed E-state index contributed by atoms with van der Waals surface area (Å²) in [5.41, 5.74) is 2.93. The van der Waals surface area contributed by atoms with Gasteiger partial charge in [-0.2, -0.15) is 0 Å². The Morgan fingerprint density at radius 2 is 1.95 bits per heavy atom. The molecule has 0 saturated heterocycles. The summed E-state index contributed by atoms with van der Waals surface area (Å²) in [5, 5.41) is 0.720. The van der Waals surface area contributed by atoms with Crippen LogP contribution in [0.5, 0.6) is 5.75 Å². The van der Waals surface area contributed by atoms with Gasteiger partial charge in [-0.25, -0.2) is 9.37 Å². The normalized spacial score (nSPS) is 12.6.